The van der Waals surface area contributed by atoms with Crippen molar-refractivity contribution in [1.82, 2.24) is 0 Å². The van der Waals surface area contributed by atoms with Gasteiger partial charge in [0.15, 0.2) is 0 Å². The maximum atomic E-state index is 12.1. The van der Waals surface area contributed by atoms with Gasteiger partial charge in [0.2, 0.25) is 0 Å². The van der Waals surface area contributed by atoms with Crippen LogP contribution in [0, 0.1) is 0 Å². The summed E-state index contributed by atoms with van der Waals surface area (Å²) < 4.78 is 11.1. The Labute approximate surface area is 150 Å². The quantitative estimate of drug-likeness (QED) is 0.402. The highest BCUT2D eigenvalue weighted by Gasteiger charge is 2.19. The average Bonchev–Trinajstić information content (AvgIpc) is 2.58. The summed E-state index contributed by atoms with van der Waals surface area (Å²) in [5, 5.41) is 0. The maximum absolute atomic E-state index is 12.1. The SMILES string of the molecule is CCCOc1ccc(/C=C/C(=O)Oc2ccccc2C(C)(C)C)cc1. The second kappa shape index (κ2) is 8.52. The molecule has 2 aromatic rings. The Morgan fingerprint density at radius 1 is 1.04 bits per heavy atom. The van der Waals surface area contributed by atoms with E-state index in [9.17, 15) is 4.79 Å². The number of hydrogen-bond donors (Lipinski definition) is 0. The lowest BCUT2D eigenvalue weighted by atomic mass is 9.86. The van der Waals surface area contributed by atoms with Gasteiger partial charge in [-0.3, -0.25) is 0 Å². The van der Waals surface area contributed by atoms with E-state index in [1.165, 1.54) is 6.08 Å². The molecule has 0 aromatic heterocycles. The fraction of sp³-hybridized carbons (Fsp3) is 0.318. The van der Waals surface area contributed by atoms with Crippen molar-refractivity contribution in [3.63, 3.8) is 0 Å². The highest BCUT2D eigenvalue weighted by Crippen LogP contribution is 2.31. The van der Waals surface area contributed by atoms with Crippen molar-refractivity contribution >= 4 is 12.0 Å². The van der Waals surface area contributed by atoms with E-state index >= 15 is 0 Å². The first-order chi connectivity index (χ1) is 11.9. The number of para-hydroxylation sites is 1. The van der Waals surface area contributed by atoms with Crippen LogP contribution in [0.15, 0.2) is 54.6 Å². The van der Waals surface area contributed by atoms with E-state index in [0.717, 1.165) is 23.3 Å². The average molecular weight is 338 g/mol. The third-order valence-corrected chi connectivity index (χ3v) is 3.67. The molecule has 0 radical (unpaired) electrons. The van der Waals surface area contributed by atoms with Crippen molar-refractivity contribution in [2.24, 2.45) is 0 Å². The Hall–Kier alpha value is -2.55. The summed E-state index contributed by atoms with van der Waals surface area (Å²) in [4.78, 5) is 12.1. The van der Waals surface area contributed by atoms with E-state index in [1.54, 1.807) is 6.08 Å². The highest BCUT2D eigenvalue weighted by atomic mass is 16.5. The number of benzene rings is 2. The summed E-state index contributed by atoms with van der Waals surface area (Å²) in [6.07, 6.45) is 4.16. The molecule has 0 atom stereocenters. The second-order valence-electron chi connectivity index (χ2n) is 6.92. The zero-order chi connectivity index (χ0) is 18.3. The normalized spacial score (nSPS) is 11.5. The van der Waals surface area contributed by atoms with E-state index in [-0.39, 0.29) is 11.4 Å². The third kappa shape index (κ3) is 5.79. The lowest BCUT2D eigenvalue weighted by Gasteiger charge is -2.21. The van der Waals surface area contributed by atoms with Crippen molar-refractivity contribution in [3.8, 4) is 11.5 Å². The first-order valence-corrected chi connectivity index (χ1v) is 8.62. The van der Waals surface area contributed by atoms with Gasteiger partial charge in [0.25, 0.3) is 0 Å². The van der Waals surface area contributed by atoms with E-state index in [0.29, 0.717) is 12.4 Å². The molecule has 0 fully saturated rings. The van der Waals surface area contributed by atoms with Crippen molar-refractivity contribution < 1.29 is 14.3 Å². The van der Waals surface area contributed by atoms with Gasteiger partial charge < -0.3 is 9.47 Å². The minimum Gasteiger partial charge on any atom is -0.494 e. The van der Waals surface area contributed by atoms with Crippen LogP contribution in [-0.2, 0) is 10.2 Å². The predicted octanol–water partition coefficient (Wildman–Crippen LogP) is 5.39. The van der Waals surface area contributed by atoms with Gasteiger partial charge in [0, 0.05) is 11.6 Å². The molecule has 0 bridgehead atoms. The van der Waals surface area contributed by atoms with Gasteiger partial charge in [-0.15, -0.1) is 0 Å². The van der Waals surface area contributed by atoms with E-state index in [1.807, 2.05) is 48.5 Å². The number of carbonyl (C=O) groups is 1. The molecule has 2 aromatic carbocycles. The Morgan fingerprint density at radius 2 is 1.72 bits per heavy atom. The Morgan fingerprint density at radius 3 is 2.36 bits per heavy atom. The van der Waals surface area contributed by atoms with Gasteiger partial charge in [-0.1, -0.05) is 58.0 Å². The number of esters is 1. The molecule has 0 amide bonds. The molecule has 0 N–H and O–H groups in total. The van der Waals surface area contributed by atoms with Crippen molar-refractivity contribution in [2.75, 3.05) is 6.61 Å². The monoisotopic (exact) mass is 338 g/mol. The van der Waals surface area contributed by atoms with Gasteiger partial charge in [-0.2, -0.15) is 0 Å². The highest BCUT2D eigenvalue weighted by molar-refractivity contribution is 5.88. The molecule has 0 aliphatic heterocycles. The second-order valence-corrected chi connectivity index (χ2v) is 6.92. The van der Waals surface area contributed by atoms with Gasteiger partial charge in [-0.05, 0) is 41.7 Å². The standard InChI is InChI=1S/C22H26O3/c1-5-16-24-18-13-10-17(11-14-18)12-15-21(23)25-20-9-7-6-8-19(20)22(2,3)4/h6-15H,5,16H2,1-4H3/b15-12+. The lowest BCUT2D eigenvalue weighted by molar-refractivity contribution is -0.128. The maximum Gasteiger partial charge on any atom is 0.336 e. The fourth-order valence-corrected chi connectivity index (χ4v) is 2.38. The van der Waals surface area contributed by atoms with Crippen LogP contribution in [0.3, 0.4) is 0 Å². The first-order valence-electron chi connectivity index (χ1n) is 8.62. The summed E-state index contributed by atoms with van der Waals surface area (Å²) in [6.45, 7) is 9.06. The summed E-state index contributed by atoms with van der Waals surface area (Å²) >= 11 is 0. The van der Waals surface area contributed by atoms with E-state index < -0.39 is 0 Å². The molecule has 0 aliphatic rings. The molecule has 0 unspecified atom stereocenters. The lowest BCUT2D eigenvalue weighted by Crippen LogP contribution is -2.15. The third-order valence-electron chi connectivity index (χ3n) is 3.67. The van der Waals surface area contributed by atoms with Crippen LogP contribution in [0.4, 0.5) is 0 Å². The van der Waals surface area contributed by atoms with Crippen LogP contribution < -0.4 is 9.47 Å². The summed E-state index contributed by atoms with van der Waals surface area (Å²) in [6, 6.07) is 15.3. The van der Waals surface area contributed by atoms with E-state index in [2.05, 4.69) is 27.7 Å². The Bertz CT molecular complexity index is 722. The van der Waals surface area contributed by atoms with Gasteiger partial charge in [-0.25, -0.2) is 4.79 Å². The molecule has 0 aliphatic carbocycles. The van der Waals surface area contributed by atoms with Gasteiger partial charge in [0.1, 0.15) is 11.5 Å². The van der Waals surface area contributed by atoms with E-state index in [4.69, 9.17) is 9.47 Å². The number of ether oxygens (including phenoxy) is 2. The molecule has 2 rings (SSSR count). The zero-order valence-corrected chi connectivity index (χ0v) is 15.4. The molecular formula is C22H26O3. The minimum absolute atomic E-state index is 0.0884. The predicted molar refractivity (Wildman–Crippen MR) is 102 cm³/mol. The summed E-state index contributed by atoms with van der Waals surface area (Å²) in [5.74, 6) is 1.05. The molecule has 3 heteroatoms. The first kappa shape index (κ1) is 18.8. The molecule has 0 heterocycles. The number of carbonyl (C=O) groups excluding carboxylic acids is 1. The van der Waals surface area contributed by atoms with Crippen molar-refractivity contribution in [2.45, 2.75) is 39.5 Å². The molecule has 0 saturated carbocycles. The number of rotatable bonds is 6. The van der Waals surface area contributed by atoms with Crippen LogP contribution in [0.5, 0.6) is 11.5 Å². The fourth-order valence-electron chi connectivity index (χ4n) is 2.38. The van der Waals surface area contributed by atoms with Gasteiger partial charge in [0.05, 0.1) is 6.61 Å². The van der Waals surface area contributed by atoms with Gasteiger partial charge >= 0.3 is 5.97 Å². The Balaban J connectivity index is 2.02. The molecule has 0 spiro atoms. The molecule has 132 valence electrons. The van der Waals surface area contributed by atoms with Crippen LogP contribution >= 0.6 is 0 Å². The smallest absolute Gasteiger partial charge is 0.336 e. The zero-order valence-electron chi connectivity index (χ0n) is 15.4. The largest absolute Gasteiger partial charge is 0.494 e. The van der Waals surface area contributed by atoms with Crippen molar-refractivity contribution in [3.05, 3.63) is 65.7 Å². The topological polar surface area (TPSA) is 35.5 Å². The summed E-state index contributed by atoms with van der Waals surface area (Å²) in [5.41, 5.74) is 1.84. The van der Waals surface area contributed by atoms with Crippen LogP contribution in [0.1, 0.15) is 45.2 Å². The van der Waals surface area contributed by atoms with Crippen LogP contribution in [0.2, 0.25) is 0 Å². The van der Waals surface area contributed by atoms with Crippen molar-refractivity contribution in [1.29, 1.82) is 0 Å². The molecule has 0 saturated heterocycles. The Kier molecular flexibility index (Phi) is 6.40. The molecule has 25 heavy (non-hydrogen) atoms. The van der Waals surface area contributed by atoms with Crippen LogP contribution in [0.25, 0.3) is 6.08 Å². The number of hydrogen-bond acceptors (Lipinski definition) is 3. The summed E-state index contributed by atoms with van der Waals surface area (Å²) in [7, 11) is 0. The minimum atomic E-state index is -0.386. The molecular weight excluding hydrogens is 312 g/mol. The molecule has 3 nitrogen and oxygen atoms in total. The van der Waals surface area contributed by atoms with Crippen LogP contribution in [-0.4, -0.2) is 12.6 Å².